The van der Waals surface area contributed by atoms with Gasteiger partial charge in [-0.1, -0.05) is 0 Å². The van der Waals surface area contributed by atoms with Gasteiger partial charge in [0.2, 0.25) is 0 Å². The van der Waals surface area contributed by atoms with Crippen LogP contribution in [0.15, 0.2) is 6.07 Å². The lowest BCUT2D eigenvalue weighted by molar-refractivity contribution is -0.124. The monoisotopic (exact) mass is 294 g/mol. The number of carbonyl (C=O) groups is 2. The zero-order chi connectivity index (χ0) is 14.8. The molecule has 0 bridgehead atoms. The summed E-state index contributed by atoms with van der Waals surface area (Å²) in [7, 11) is 0. The smallest absolute Gasteiger partial charge is 0.404 e. The number of amides is 2. The molecule has 1 aromatic rings. The highest BCUT2D eigenvalue weighted by Crippen LogP contribution is 2.38. The second-order valence-corrected chi connectivity index (χ2v) is 5.43. The maximum absolute atomic E-state index is 11.9. The molecule has 2 amide bonds. The van der Waals surface area contributed by atoms with Crippen molar-refractivity contribution in [2.75, 3.05) is 11.9 Å². The lowest BCUT2D eigenvalue weighted by atomic mass is 9.80. The van der Waals surface area contributed by atoms with E-state index in [1.165, 1.54) is 0 Å². The largest absolute Gasteiger partial charge is 0.446 e. The molecule has 1 saturated carbocycles. The lowest BCUT2D eigenvalue weighted by Gasteiger charge is -2.33. The number of anilines is 1. The van der Waals surface area contributed by atoms with Gasteiger partial charge in [0.15, 0.2) is 5.82 Å². The maximum atomic E-state index is 11.9. The number of nitrogens with one attached hydrogen (secondary N) is 2. The van der Waals surface area contributed by atoms with Gasteiger partial charge in [0.1, 0.15) is 12.2 Å². The van der Waals surface area contributed by atoms with E-state index in [-0.39, 0.29) is 24.0 Å². The van der Waals surface area contributed by atoms with E-state index >= 15 is 0 Å². The standard InChI is InChI=1S/C13H18N4O4/c14-13(19)21-8-4-7(5-8)9-6-11(17-16-9)15-12(18)10-2-1-3-20-10/h6-8,10H,1-5H2,(H2,14,19)(H2,15,16,17,18)/t7?,8?,10-/m1/s1. The van der Waals surface area contributed by atoms with Crippen molar-refractivity contribution in [2.45, 2.75) is 43.8 Å². The summed E-state index contributed by atoms with van der Waals surface area (Å²) in [6.07, 6.45) is 1.84. The minimum atomic E-state index is -0.743. The van der Waals surface area contributed by atoms with Gasteiger partial charge < -0.3 is 20.5 Å². The molecule has 0 aromatic carbocycles. The lowest BCUT2D eigenvalue weighted by Crippen LogP contribution is -2.33. The first-order valence-electron chi connectivity index (χ1n) is 7.05. The number of primary amides is 1. The van der Waals surface area contributed by atoms with Crippen LogP contribution in [0.1, 0.15) is 37.3 Å². The second kappa shape index (κ2) is 5.72. The zero-order valence-corrected chi connectivity index (χ0v) is 11.5. The van der Waals surface area contributed by atoms with Crippen LogP contribution in [0.5, 0.6) is 0 Å². The molecule has 114 valence electrons. The van der Waals surface area contributed by atoms with Crippen molar-refractivity contribution in [3.8, 4) is 0 Å². The topological polar surface area (TPSA) is 119 Å². The highest BCUT2D eigenvalue weighted by molar-refractivity contribution is 5.93. The fourth-order valence-electron chi connectivity index (χ4n) is 2.68. The number of rotatable bonds is 4. The van der Waals surface area contributed by atoms with Gasteiger partial charge in [-0.3, -0.25) is 9.89 Å². The summed E-state index contributed by atoms with van der Waals surface area (Å²) < 4.78 is 10.2. The Morgan fingerprint density at radius 1 is 1.48 bits per heavy atom. The highest BCUT2D eigenvalue weighted by Gasteiger charge is 2.34. The van der Waals surface area contributed by atoms with Crippen molar-refractivity contribution < 1.29 is 19.1 Å². The van der Waals surface area contributed by atoms with Crippen LogP contribution < -0.4 is 11.1 Å². The fraction of sp³-hybridized carbons (Fsp3) is 0.615. The minimum Gasteiger partial charge on any atom is -0.446 e. The molecule has 8 nitrogen and oxygen atoms in total. The number of ether oxygens (including phenoxy) is 2. The number of aromatic amines is 1. The van der Waals surface area contributed by atoms with Crippen LogP contribution in [-0.2, 0) is 14.3 Å². The van der Waals surface area contributed by atoms with Crippen molar-refractivity contribution in [2.24, 2.45) is 5.73 Å². The van der Waals surface area contributed by atoms with Crippen LogP contribution in [0.25, 0.3) is 0 Å². The molecule has 1 aliphatic carbocycles. The molecule has 1 atom stereocenters. The average Bonchev–Trinajstić information content (AvgIpc) is 3.04. The van der Waals surface area contributed by atoms with E-state index in [0.29, 0.717) is 25.3 Å². The Morgan fingerprint density at radius 3 is 2.95 bits per heavy atom. The van der Waals surface area contributed by atoms with Crippen LogP contribution in [0.3, 0.4) is 0 Å². The molecular weight excluding hydrogens is 276 g/mol. The third-order valence-corrected chi connectivity index (χ3v) is 3.89. The molecule has 0 unspecified atom stereocenters. The predicted molar refractivity (Wildman–Crippen MR) is 72.6 cm³/mol. The van der Waals surface area contributed by atoms with Crippen molar-refractivity contribution >= 4 is 17.8 Å². The molecule has 4 N–H and O–H groups in total. The summed E-state index contributed by atoms with van der Waals surface area (Å²) in [5.74, 6) is 0.578. The Kier molecular flexibility index (Phi) is 3.78. The van der Waals surface area contributed by atoms with Crippen molar-refractivity contribution in [3.05, 3.63) is 11.8 Å². The fourth-order valence-corrected chi connectivity index (χ4v) is 2.68. The Bertz CT molecular complexity index is 532. The summed E-state index contributed by atoms with van der Waals surface area (Å²) in [5, 5.41) is 9.71. The van der Waals surface area contributed by atoms with Crippen LogP contribution >= 0.6 is 0 Å². The van der Waals surface area contributed by atoms with E-state index in [1.807, 2.05) is 0 Å². The summed E-state index contributed by atoms with van der Waals surface area (Å²) in [6.45, 7) is 0.632. The summed E-state index contributed by atoms with van der Waals surface area (Å²) in [5.41, 5.74) is 5.88. The van der Waals surface area contributed by atoms with Crippen LogP contribution in [0.2, 0.25) is 0 Å². The molecule has 1 aliphatic heterocycles. The van der Waals surface area contributed by atoms with Gasteiger partial charge >= 0.3 is 6.09 Å². The average molecular weight is 294 g/mol. The highest BCUT2D eigenvalue weighted by atomic mass is 16.6. The third kappa shape index (κ3) is 3.15. The normalized spacial score (nSPS) is 27.9. The number of hydrogen-bond acceptors (Lipinski definition) is 5. The van der Waals surface area contributed by atoms with Crippen LogP contribution in [0.4, 0.5) is 10.6 Å². The molecule has 3 rings (SSSR count). The molecule has 2 heterocycles. The van der Waals surface area contributed by atoms with Crippen molar-refractivity contribution in [1.82, 2.24) is 10.2 Å². The van der Waals surface area contributed by atoms with Gasteiger partial charge in [-0.05, 0) is 25.7 Å². The number of carbonyl (C=O) groups excluding carboxylic acids is 2. The van der Waals surface area contributed by atoms with Crippen LogP contribution in [0, 0.1) is 0 Å². The quantitative estimate of drug-likeness (QED) is 0.761. The zero-order valence-electron chi connectivity index (χ0n) is 11.5. The van der Waals surface area contributed by atoms with Gasteiger partial charge in [-0.25, -0.2) is 4.79 Å². The van der Waals surface area contributed by atoms with Gasteiger partial charge in [-0.2, -0.15) is 5.10 Å². The first-order valence-corrected chi connectivity index (χ1v) is 7.05. The van der Waals surface area contributed by atoms with E-state index in [0.717, 1.165) is 18.5 Å². The number of H-pyrrole nitrogens is 1. The number of nitrogens with zero attached hydrogens (tertiary/aromatic N) is 1. The molecule has 8 heteroatoms. The molecular formula is C13H18N4O4. The molecule has 0 spiro atoms. The molecule has 0 radical (unpaired) electrons. The minimum absolute atomic E-state index is 0.124. The summed E-state index contributed by atoms with van der Waals surface area (Å²) in [4.78, 5) is 22.5. The molecule has 2 aliphatic rings. The predicted octanol–water partition coefficient (Wildman–Crippen LogP) is 0.868. The first-order chi connectivity index (χ1) is 10.1. The second-order valence-electron chi connectivity index (χ2n) is 5.43. The van der Waals surface area contributed by atoms with E-state index in [2.05, 4.69) is 15.5 Å². The van der Waals surface area contributed by atoms with E-state index < -0.39 is 6.09 Å². The van der Waals surface area contributed by atoms with Gasteiger partial charge in [-0.15, -0.1) is 0 Å². The Hall–Kier alpha value is -2.09. The molecule has 2 fully saturated rings. The molecule has 21 heavy (non-hydrogen) atoms. The van der Waals surface area contributed by atoms with Crippen molar-refractivity contribution in [1.29, 1.82) is 0 Å². The third-order valence-electron chi connectivity index (χ3n) is 3.89. The van der Waals surface area contributed by atoms with Gasteiger partial charge in [0.25, 0.3) is 5.91 Å². The van der Waals surface area contributed by atoms with Gasteiger partial charge in [0, 0.05) is 24.3 Å². The summed E-state index contributed by atoms with van der Waals surface area (Å²) >= 11 is 0. The van der Waals surface area contributed by atoms with Gasteiger partial charge in [0.05, 0.1) is 0 Å². The number of nitrogens with two attached hydrogens (primary N) is 1. The number of aromatic nitrogens is 2. The SMILES string of the molecule is NC(=O)OC1CC(c2cc(NC(=O)[C@H]3CCCO3)n[nH]2)C1. The van der Waals surface area contributed by atoms with E-state index in [1.54, 1.807) is 6.07 Å². The number of hydrogen-bond donors (Lipinski definition) is 3. The Morgan fingerprint density at radius 2 is 2.29 bits per heavy atom. The van der Waals surface area contributed by atoms with E-state index in [9.17, 15) is 9.59 Å². The van der Waals surface area contributed by atoms with Crippen molar-refractivity contribution in [3.63, 3.8) is 0 Å². The summed E-state index contributed by atoms with van der Waals surface area (Å²) in [6, 6.07) is 1.80. The van der Waals surface area contributed by atoms with E-state index in [4.69, 9.17) is 15.2 Å². The first kappa shape index (κ1) is 13.9. The van der Waals surface area contributed by atoms with Crippen LogP contribution in [-0.4, -0.2) is 41.0 Å². The molecule has 1 saturated heterocycles. The Labute approximate surface area is 121 Å². The maximum Gasteiger partial charge on any atom is 0.404 e. The molecule has 1 aromatic heterocycles. The Balaban J connectivity index is 1.50.